The summed E-state index contributed by atoms with van der Waals surface area (Å²) in [6, 6.07) is 3.79. The number of piperidine rings is 1. The fraction of sp³-hybridized carbons (Fsp3) is 0.600. The Hall–Kier alpha value is -1.42. The van der Waals surface area contributed by atoms with E-state index in [-0.39, 0.29) is 34.2 Å². The Bertz CT molecular complexity index is 750. The van der Waals surface area contributed by atoms with Gasteiger partial charge in [-0.3, -0.25) is 10.1 Å². The molecule has 2 aliphatic heterocycles. The van der Waals surface area contributed by atoms with E-state index in [0.717, 1.165) is 38.4 Å². The molecule has 2 heterocycles. The summed E-state index contributed by atoms with van der Waals surface area (Å²) >= 11 is 0. The van der Waals surface area contributed by atoms with Crippen molar-refractivity contribution in [3.8, 4) is 5.75 Å². The predicted molar refractivity (Wildman–Crippen MR) is 94.8 cm³/mol. The summed E-state index contributed by atoms with van der Waals surface area (Å²) in [5.41, 5.74) is -0.300. The molecule has 2 fully saturated rings. The molecule has 0 atom stereocenters. The number of ether oxygens (including phenoxy) is 1. The zero-order valence-corrected chi connectivity index (χ0v) is 15.6. The lowest BCUT2D eigenvalue weighted by atomic mass is 9.78. The number of nitrogens with zero attached hydrogens (tertiary/aromatic N) is 2. The Morgan fingerprint density at radius 2 is 1.96 bits per heavy atom. The summed E-state index contributed by atoms with van der Waals surface area (Å²) in [7, 11) is -2.42. The fourth-order valence-electron chi connectivity index (χ4n) is 3.59. The Morgan fingerprint density at radius 3 is 2.56 bits per heavy atom. The van der Waals surface area contributed by atoms with Crippen LogP contribution in [0.2, 0.25) is 0 Å². The molecule has 140 valence electrons. The first-order valence-electron chi connectivity index (χ1n) is 7.91. The zero-order valence-electron chi connectivity index (χ0n) is 13.9. The van der Waals surface area contributed by atoms with Gasteiger partial charge in [0.15, 0.2) is 5.75 Å². The second-order valence-electron chi connectivity index (χ2n) is 6.43. The van der Waals surface area contributed by atoms with E-state index in [9.17, 15) is 18.5 Å². The first kappa shape index (κ1) is 19.9. The number of sulfonamides is 1. The van der Waals surface area contributed by atoms with Crippen molar-refractivity contribution in [1.82, 2.24) is 9.62 Å². The van der Waals surface area contributed by atoms with Crippen LogP contribution in [-0.4, -0.2) is 50.9 Å². The summed E-state index contributed by atoms with van der Waals surface area (Å²) in [5, 5.41) is 14.4. The van der Waals surface area contributed by atoms with Crippen molar-refractivity contribution < 1.29 is 18.1 Å². The number of nitrogens with one attached hydrogen (secondary N) is 1. The monoisotopic (exact) mass is 391 g/mol. The minimum absolute atomic E-state index is 0. The van der Waals surface area contributed by atoms with Gasteiger partial charge in [-0.2, -0.15) is 4.31 Å². The summed E-state index contributed by atoms with van der Waals surface area (Å²) in [6.45, 7) is 2.75. The van der Waals surface area contributed by atoms with Crippen LogP contribution >= 0.6 is 12.4 Å². The first-order valence-corrected chi connectivity index (χ1v) is 9.35. The molecule has 1 N–H and O–H groups in total. The van der Waals surface area contributed by atoms with E-state index >= 15 is 0 Å². The van der Waals surface area contributed by atoms with Crippen molar-refractivity contribution in [1.29, 1.82) is 0 Å². The van der Waals surface area contributed by atoms with E-state index < -0.39 is 14.9 Å². The fourth-order valence-corrected chi connectivity index (χ4v) is 5.16. The second-order valence-corrected chi connectivity index (χ2v) is 8.37. The molecule has 1 spiro atoms. The van der Waals surface area contributed by atoms with Crippen LogP contribution in [0, 0.1) is 15.5 Å². The van der Waals surface area contributed by atoms with Crippen LogP contribution in [0.3, 0.4) is 0 Å². The highest BCUT2D eigenvalue weighted by Crippen LogP contribution is 2.41. The van der Waals surface area contributed by atoms with Crippen molar-refractivity contribution in [3.05, 3.63) is 28.3 Å². The largest absolute Gasteiger partial charge is 0.490 e. The normalized spacial score (nSPS) is 20.2. The van der Waals surface area contributed by atoms with Gasteiger partial charge >= 0.3 is 5.69 Å². The van der Waals surface area contributed by atoms with E-state index in [1.807, 2.05) is 0 Å². The van der Waals surface area contributed by atoms with Crippen LogP contribution in [0.1, 0.15) is 19.3 Å². The maximum absolute atomic E-state index is 12.9. The molecule has 0 bridgehead atoms. The topological polar surface area (TPSA) is 102 Å². The highest BCUT2D eigenvalue weighted by Gasteiger charge is 2.43. The van der Waals surface area contributed by atoms with Gasteiger partial charge in [0.05, 0.1) is 16.9 Å². The van der Waals surface area contributed by atoms with Gasteiger partial charge in [0, 0.05) is 19.2 Å². The molecule has 1 aromatic carbocycles. The van der Waals surface area contributed by atoms with Crippen molar-refractivity contribution in [3.63, 3.8) is 0 Å². The lowest BCUT2D eigenvalue weighted by Gasteiger charge is -2.33. The number of benzene rings is 1. The van der Waals surface area contributed by atoms with Crippen LogP contribution in [0.4, 0.5) is 5.69 Å². The minimum Gasteiger partial charge on any atom is -0.490 e. The minimum atomic E-state index is -3.74. The number of nitro benzene ring substituents is 1. The second kappa shape index (κ2) is 7.45. The third kappa shape index (κ3) is 3.74. The molecule has 0 unspecified atom stereocenters. The highest BCUT2D eigenvalue weighted by molar-refractivity contribution is 7.89. The van der Waals surface area contributed by atoms with Gasteiger partial charge in [-0.1, -0.05) is 0 Å². The molecule has 0 aliphatic carbocycles. The third-order valence-corrected chi connectivity index (χ3v) is 6.89. The van der Waals surface area contributed by atoms with Gasteiger partial charge in [-0.25, -0.2) is 8.42 Å². The Labute approximate surface area is 153 Å². The van der Waals surface area contributed by atoms with Gasteiger partial charge < -0.3 is 10.1 Å². The molecule has 0 aromatic heterocycles. The maximum Gasteiger partial charge on any atom is 0.312 e. The van der Waals surface area contributed by atoms with E-state index in [0.29, 0.717) is 13.1 Å². The molecule has 2 aliphatic rings. The Kier molecular flexibility index (Phi) is 5.93. The van der Waals surface area contributed by atoms with Crippen molar-refractivity contribution in [2.24, 2.45) is 5.41 Å². The molecule has 0 radical (unpaired) electrons. The zero-order chi connectivity index (χ0) is 17.4. The molecule has 10 heteroatoms. The standard InChI is InChI=1S/C15H21N3O5S.ClH/c1-23-14-3-2-12(10-13(14)18(19)20)24(21,22)17-9-6-15(11-17)4-7-16-8-5-15;/h2-3,10,16H,4-9,11H2,1H3;1H. The predicted octanol–water partition coefficient (Wildman–Crippen LogP) is 1.79. The van der Waals surface area contributed by atoms with E-state index in [2.05, 4.69) is 5.32 Å². The average molecular weight is 392 g/mol. The lowest BCUT2D eigenvalue weighted by Crippen LogP contribution is -2.39. The third-order valence-electron chi connectivity index (χ3n) is 5.05. The maximum atomic E-state index is 12.9. The van der Waals surface area contributed by atoms with Crippen molar-refractivity contribution in [2.75, 3.05) is 33.3 Å². The smallest absolute Gasteiger partial charge is 0.312 e. The molecule has 1 aromatic rings. The van der Waals surface area contributed by atoms with Crippen LogP contribution in [0.25, 0.3) is 0 Å². The van der Waals surface area contributed by atoms with E-state index in [1.54, 1.807) is 0 Å². The SMILES string of the molecule is COc1ccc(S(=O)(=O)N2CCC3(CCNCC3)C2)cc1[N+](=O)[O-].Cl. The first-order chi connectivity index (χ1) is 11.4. The van der Waals surface area contributed by atoms with Gasteiger partial charge in [0.1, 0.15) is 0 Å². The van der Waals surface area contributed by atoms with Gasteiger partial charge in [0.2, 0.25) is 10.0 Å². The molecular weight excluding hydrogens is 370 g/mol. The molecular formula is C15H22ClN3O5S. The molecule has 0 saturated carbocycles. The summed E-state index contributed by atoms with van der Waals surface area (Å²) in [5.74, 6) is 0.0511. The molecule has 25 heavy (non-hydrogen) atoms. The molecule has 0 amide bonds. The van der Waals surface area contributed by atoms with Crippen LogP contribution in [0.5, 0.6) is 5.75 Å². The van der Waals surface area contributed by atoms with Crippen LogP contribution in [-0.2, 0) is 10.0 Å². The quantitative estimate of drug-likeness (QED) is 0.620. The Morgan fingerprint density at radius 1 is 1.28 bits per heavy atom. The molecule has 2 saturated heterocycles. The van der Waals surface area contributed by atoms with Crippen LogP contribution in [0.15, 0.2) is 23.1 Å². The van der Waals surface area contributed by atoms with Crippen molar-refractivity contribution in [2.45, 2.75) is 24.2 Å². The Balaban J connectivity index is 0.00000225. The van der Waals surface area contributed by atoms with E-state index in [1.165, 1.54) is 23.5 Å². The number of methoxy groups -OCH3 is 1. The lowest BCUT2D eigenvalue weighted by molar-refractivity contribution is -0.386. The number of hydrogen-bond donors (Lipinski definition) is 1. The summed E-state index contributed by atoms with van der Waals surface area (Å²) in [4.78, 5) is 10.5. The van der Waals surface area contributed by atoms with E-state index in [4.69, 9.17) is 4.74 Å². The number of nitro groups is 1. The molecule has 8 nitrogen and oxygen atoms in total. The van der Waals surface area contributed by atoms with Gasteiger partial charge in [-0.15, -0.1) is 12.4 Å². The average Bonchev–Trinajstić information content (AvgIpc) is 2.99. The number of rotatable bonds is 4. The summed E-state index contributed by atoms with van der Waals surface area (Å²) in [6.07, 6.45) is 2.76. The molecule has 3 rings (SSSR count). The highest BCUT2D eigenvalue weighted by atomic mass is 35.5. The number of halogens is 1. The van der Waals surface area contributed by atoms with Crippen molar-refractivity contribution >= 4 is 28.1 Å². The number of hydrogen-bond acceptors (Lipinski definition) is 6. The van der Waals surface area contributed by atoms with Crippen LogP contribution < -0.4 is 10.1 Å². The summed E-state index contributed by atoms with van der Waals surface area (Å²) < 4.78 is 32.2. The van der Waals surface area contributed by atoms with Gasteiger partial charge in [-0.05, 0) is 49.9 Å². The van der Waals surface area contributed by atoms with Gasteiger partial charge in [0.25, 0.3) is 0 Å².